The van der Waals surface area contributed by atoms with Crippen LogP contribution in [-0.4, -0.2) is 52.4 Å². The third-order valence-corrected chi connectivity index (χ3v) is 5.14. The highest BCUT2D eigenvalue weighted by atomic mass is 32.2. The van der Waals surface area contributed by atoms with Gasteiger partial charge in [0.15, 0.2) is 5.16 Å². The maximum atomic E-state index is 13.0. The number of fused-ring (bicyclic) bond motifs is 1. The predicted molar refractivity (Wildman–Crippen MR) is 93.1 cm³/mol. The molecule has 0 spiro atoms. The molecule has 1 aromatic heterocycles. The van der Waals surface area contributed by atoms with Crippen molar-refractivity contribution in [1.29, 1.82) is 0 Å². The zero-order valence-electron chi connectivity index (χ0n) is 14.4. The number of carbonyl (C=O) groups excluding carboxylic acids is 1. The summed E-state index contributed by atoms with van der Waals surface area (Å²) < 4.78 is 46.0. The van der Waals surface area contributed by atoms with E-state index in [9.17, 15) is 18.0 Å². The largest absolute Gasteiger partial charge is 0.416 e. The zero-order valence-corrected chi connectivity index (χ0v) is 15.2. The number of imidazole rings is 1. The number of halogens is 3. The van der Waals surface area contributed by atoms with Gasteiger partial charge in [-0.2, -0.15) is 13.2 Å². The van der Waals surface area contributed by atoms with Gasteiger partial charge in [0.05, 0.1) is 35.6 Å². The highest BCUT2D eigenvalue weighted by molar-refractivity contribution is 7.99. The van der Waals surface area contributed by atoms with Crippen LogP contribution >= 0.6 is 11.8 Å². The Hall–Kier alpha value is -1.74. The Morgan fingerprint density at radius 3 is 2.69 bits per heavy atom. The van der Waals surface area contributed by atoms with E-state index >= 15 is 0 Å². The van der Waals surface area contributed by atoms with Gasteiger partial charge in [-0.1, -0.05) is 18.7 Å². The Morgan fingerprint density at radius 1 is 1.31 bits per heavy atom. The maximum Gasteiger partial charge on any atom is 0.416 e. The van der Waals surface area contributed by atoms with Crippen LogP contribution in [-0.2, 0) is 22.3 Å². The van der Waals surface area contributed by atoms with Crippen LogP contribution in [0.3, 0.4) is 0 Å². The molecule has 1 aliphatic rings. The molecule has 1 aromatic carbocycles. The predicted octanol–water partition coefficient (Wildman–Crippen LogP) is 3.42. The second-order valence-corrected chi connectivity index (χ2v) is 6.97. The summed E-state index contributed by atoms with van der Waals surface area (Å²) in [6.45, 7) is 4.70. The van der Waals surface area contributed by atoms with Crippen LogP contribution in [0.15, 0.2) is 23.4 Å². The van der Waals surface area contributed by atoms with Crippen molar-refractivity contribution in [3.8, 4) is 0 Å². The summed E-state index contributed by atoms with van der Waals surface area (Å²) in [7, 11) is 0. The SMILES string of the molecule is CCCn1c(SCC(=O)N2CCOCC2)nc2ccc(C(F)(F)F)cc21. The summed E-state index contributed by atoms with van der Waals surface area (Å²) in [5.41, 5.74) is 0.263. The minimum absolute atomic E-state index is 0.00983. The van der Waals surface area contributed by atoms with Gasteiger partial charge in [-0.05, 0) is 24.6 Å². The Morgan fingerprint density at radius 2 is 2.04 bits per heavy atom. The number of alkyl halides is 3. The summed E-state index contributed by atoms with van der Waals surface area (Å²) >= 11 is 1.27. The van der Waals surface area contributed by atoms with Gasteiger partial charge >= 0.3 is 6.18 Å². The lowest BCUT2D eigenvalue weighted by Gasteiger charge is -2.26. The third kappa shape index (κ3) is 4.15. The van der Waals surface area contributed by atoms with Crippen LogP contribution in [0.25, 0.3) is 11.0 Å². The molecule has 1 amide bonds. The van der Waals surface area contributed by atoms with Crippen molar-refractivity contribution >= 4 is 28.7 Å². The number of ether oxygens (including phenoxy) is 1. The van der Waals surface area contributed by atoms with Crippen molar-refractivity contribution in [2.24, 2.45) is 0 Å². The van der Waals surface area contributed by atoms with Gasteiger partial charge in [0.2, 0.25) is 5.91 Å². The number of benzene rings is 1. The molecule has 1 saturated heterocycles. The smallest absolute Gasteiger partial charge is 0.378 e. The molecule has 1 aliphatic heterocycles. The molecular weight excluding hydrogens is 367 g/mol. The number of rotatable bonds is 5. The molecule has 2 heterocycles. The van der Waals surface area contributed by atoms with Gasteiger partial charge in [-0.25, -0.2) is 4.98 Å². The quantitative estimate of drug-likeness (QED) is 0.738. The normalized spacial score (nSPS) is 15.6. The Balaban J connectivity index is 1.82. The number of hydrogen-bond acceptors (Lipinski definition) is 4. The lowest BCUT2D eigenvalue weighted by molar-refractivity contribution is -0.137. The van der Waals surface area contributed by atoms with Crippen LogP contribution in [0, 0.1) is 0 Å². The van der Waals surface area contributed by atoms with Crippen LogP contribution in [0.4, 0.5) is 13.2 Å². The highest BCUT2D eigenvalue weighted by Crippen LogP contribution is 2.33. The summed E-state index contributed by atoms with van der Waals surface area (Å²) in [5, 5.41) is 0.572. The molecule has 0 unspecified atom stereocenters. The number of aromatic nitrogens is 2. The van der Waals surface area contributed by atoms with Gasteiger partial charge in [0.25, 0.3) is 0 Å². The van der Waals surface area contributed by atoms with E-state index in [4.69, 9.17) is 4.74 Å². The fourth-order valence-corrected chi connectivity index (χ4v) is 3.80. The number of carbonyl (C=O) groups is 1. The third-order valence-electron chi connectivity index (χ3n) is 4.18. The molecule has 5 nitrogen and oxygen atoms in total. The number of nitrogens with zero attached hydrogens (tertiary/aromatic N) is 3. The first-order chi connectivity index (χ1) is 12.4. The van der Waals surface area contributed by atoms with E-state index in [1.807, 2.05) is 6.92 Å². The van der Waals surface area contributed by atoms with Crippen LogP contribution in [0.5, 0.6) is 0 Å². The number of aryl methyl sites for hydroxylation is 1. The first kappa shape index (κ1) is 19.0. The minimum atomic E-state index is -4.39. The summed E-state index contributed by atoms with van der Waals surface area (Å²) in [6, 6.07) is 3.56. The van der Waals surface area contributed by atoms with Gasteiger partial charge in [-0.15, -0.1) is 0 Å². The van der Waals surface area contributed by atoms with E-state index in [0.717, 1.165) is 18.6 Å². The first-order valence-electron chi connectivity index (χ1n) is 8.46. The molecule has 2 aromatic rings. The van der Waals surface area contributed by atoms with E-state index in [0.29, 0.717) is 49.0 Å². The number of morpholine rings is 1. The van der Waals surface area contributed by atoms with Crippen molar-refractivity contribution in [3.05, 3.63) is 23.8 Å². The van der Waals surface area contributed by atoms with E-state index in [1.165, 1.54) is 17.8 Å². The molecule has 3 rings (SSSR count). The van der Waals surface area contributed by atoms with Crippen molar-refractivity contribution in [2.75, 3.05) is 32.1 Å². The summed E-state index contributed by atoms with van der Waals surface area (Å²) in [4.78, 5) is 18.5. The Bertz CT molecular complexity index is 785. The lowest BCUT2D eigenvalue weighted by atomic mass is 10.2. The molecule has 0 N–H and O–H groups in total. The van der Waals surface area contributed by atoms with Crippen molar-refractivity contribution in [3.63, 3.8) is 0 Å². The van der Waals surface area contributed by atoms with E-state index in [-0.39, 0.29) is 11.7 Å². The topological polar surface area (TPSA) is 47.4 Å². The van der Waals surface area contributed by atoms with Crippen molar-refractivity contribution in [2.45, 2.75) is 31.2 Å². The zero-order chi connectivity index (χ0) is 18.7. The Labute approximate surface area is 153 Å². The molecular formula is C17H20F3N3O2S. The van der Waals surface area contributed by atoms with E-state index in [2.05, 4.69) is 4.98 Å². The van der Waals surface area contributed by atoms with Crippen molar-refractivity contribution < 1.29 is 22.7 Å². The molecule has 26 heavy (non-hydrogen) atoms. The second kappa shape index (κ2) is 7.87. The van der Waals surface area contributed by atoms with Gasteiger partial charge in [-0.3, -0.25) is 4.79 Å². The summed E-state index contributed by atoms with van der Waals surface area (Å²) in [5.74, 6) is 0.198. The number of hydrogen-bond donors (Lipinski definition) is 0. The lowest BCUT2D eigenvalue weighted by Crippen LogP contribution is -2.41. The molecule has 0 aliphatic carbocycles. The molecule has 9 heteroatoms. The monoisotopic (exact) mass is 387 g/mol. The fraction of sp³-hybridized carbons (Fsp3) is 0.529. The number of thioether (sulfide) groups is 1. The fourth-order valence-electron chi connectivity index (χ4n) is 2.86. The molecule has 0 bridgehead atoms. The molecule has 142 valence electrons. The van der Waals surface area contributed by atoms with E-state index in [1.54, 1.807) is 9.47 Å². The average Bonchev–Trinajstić information content (AvgIpc) is 2.97. The Kier molecular flexibility index (Phi) is 5.76. The standard InChI is InChI=1S/C17H20F3N3O2S/c1-2-5-23-14-10-12(17(18,19)20)3-4-13(14)21-16(23)26-11-15(24)22-6-8-25-9-7-22/h3-4,10H,2,5-9,11H2,1H3. The minimum Gasteiger partial charge on any atom is -0.378 e. The second-order valence-electron chi connectivity index (χ2n) is 6.03. The molecule has 1 fully saturated rings. The molecule has 0 saturated carbocycles. The van der Waals surface area contributed by atoms with Crippen LogP contribution < -0.4 is 0 Å². The van der Waals surface area contributed by atoms with Crippen molar-refractivity contribution in [1.82, 2.24) is 14.5 Å². The maximum absolute atomic E-state index is 13.0. The van der Waals surface area contributed by atoms with Crippen LogP contribution in [0.2, 0.25) is 0 Å². The summed E-state index contributed by atoms with van der Waals surface area (Å²) in [6.07, 6.45) is -3.64. The highest BCUT2D eigenvalue weighted by Gasteiger charge is 2.31. The van der Waals surface area contributed by atoms with Crippen LogP contribution in [0.1, 0.15) is 18.9 Å². The van der Waals surface area contributed by atoms with Gasteiger partial charge < -0.3 is 14.2 Å². The van der Waals surface area contributed by atoms with Gasteiger partial charge in [0, 0.05) is 19.6 Å². The van der Waals surface area contributed by atoms with E-state index < -0.39 is 11.7 Å². The number of amides is 1. The molecule has 0 radical (unpaired) electrons. The molecule has 0 atom stereocenters. The average molecular weight is 387 g/mol. The first-order valence-corrected chi connectivity index (χ1v) is 9.44. The van der Waals surface area contributed by atoms with Gasteiger partial charge in [0.1, 0.15) is 0 Å².